The Morgan fingerprint density at radius 1 is 1.38 bits per heavy atom. The summed E-state index contributed by atoms with van der Waals surface area (Å²) in [5.74, 6) is 1.35. The lowest BCUT2D eigenvalue weighted by molar-refractivity contribution is 0.243. The molecule has 1 unspecified atom stereocenters. The Kier molecular flexibility index (Phi) is 3.54. The van der Waals surface area contributed by atoms with Crippen LogP contribution in [-0.4, -0.2) is 30.1 Å². The first-order chi connectivity index (χ1) is 10.0. The van der Waals surface area contributed by atoms with Crippen LogP contribution in [0.4, 0.5) is 5.69 Å². The second-order valence-electron chi connectivity index (χ2n) is 4.97. The van der Waals surface area contributed by atoms with Crippen LogP contribution in [0.1, 0.15) is 24.1 Å². The van der Waals surface area contributed by atoms with E-state index in [1.807, 2.05) is 12.1 Å². The fourth-order valence-electron chi connectivity index (χ4n) is 2.24. The predicted octanol–water partition coefficient (Wildman–Crippen LogP) is 1.13. The highest BCUT2D eigenvalue weighted by atomic mass is 32.2. The molecule has 8 heteroatoms. The predicted molar refractivity (Wildman–Crippen MR) is 75.5 cm³/mol. The zero-order chi connectivity index (χ0) is 14.9. The van der Waals surface area contributed by atoms with Gasteiger partial charge in [-0.15, -0.1) is 0 Å². The average molecular weight is 309 g/mol. The van der Waals surface area contributed by atoms with E-state index < -0.39 is 9.84 Å². The van der Waals surface area contributed by atoms with Crippen LogP contribution in [0.2, 0.25) is 0 Å². The van der Waals surface area contributed by atoms with Gasteiger partial charge < -0.3 is 15.0 Å². The molecule has 1 fully saturated rings. The quantitative estimate of drug-likeness (QED) is 0.843. The highest BCUT2D eigenvalue weighted by molar-refractivity contribution is 7.91. The minimum atomic E-state index is -2.96. The van der Waals surface area contributed by atoms with Gasteiger partial charge in [0.2, 0.25) is 0 Å². The van der Waals surface area contributed by atoms with Crippen molar-refractivity contribution in [3.05, 3.63) is 36.0 Å². The molecule has 1 aromatic carbocycles. The lowest BCUT2D eigenvalue weighted by atomic mass is 10.1. The van der Waals surface area contributed by atoms with E-state index in [1.54, 1.807) is 12.1 Å². The molecule has 1 saturated heterocycles. The summed E-state index contributed by atoms with van der Waals surface area (Å²) in [5, 5.41) is 3.84. The van der Waals surface area contributed by atoms with Crippen LogP contribution < -0.4 is 10.5 Å². The van der Waals surface area contributed by atoms with Crippen LogP contribution in [0, 0.1) is 0 Å². The number of nitrogen functional groups attached to an aromatic ring is 1. The SMILES string of the molecule is Nc1ccccc1OCc1nc(C2CCS(=O)(=O)C2)no1. The Bertz CT molecular complexity index is 741. The third-order valence-corrected chi connectivity index (χ3v) is 5.12. The monoisotopic (exact) mass is 309 g/mol. The van der Waals surface area contributed by atoms with Crippen LogP contribution in [0.15, 0.2) is 28.8 Å². The first kappa shape index (κ1) is 13.9. The van der Waals surface area contributed by atoms with Gasteiger partial charge in [0.15, 0.2) is 22.3 Å². The molecule has 2 N–H and O–H groups in total. The fraction of sp³-hybridized carbons (Fsp3) is 0.385. The number of aromatic nitrogens is 2. The number of para-hydroxylation sites is 2. The lowest BCUT2D eigenvalue weighted by Crippen LogP contribution is -2.05. The number of nitrogens with two attached hydrogens (primary N) is 1. The second kappa shape index (κ2) is 5.36. The summed E-state index contributed by atoms with van der Waals surface area (Å²) in [6.07, 6.45) is 0.536. The first-order valence-electron chi connectivity index (χ1n) is 6.54. The van der Waals surface area contributed by atoms with E-state index in [2.05, 4.69) is 10.1 Å². The van der Waals surface area contributed by atoms with Gasteiger partial charge in [-0.2, -0.15) is 4.98 Å². The van der Waals surface area contributed by atoms with Crippen molar-refractivity contribution in [3.8, 4) is 5.75 Å². The summed E-state index contributed by atoms with van der Waals surface area (Å²) in [7, 11) is -2.96. The number of ether oxygens (including phenoxy) is 1. The van der Waals surface area contributed by atoms with Gasteiger partial charge >= 0.3 is 0 Å². The van der Waals surface area contributed by atoms with Gasteiger partial charge in [-0.25, -0.2) is 8.42 Å². The maximum absolute atomic E-state index is 11.4. The van der Waals surface area contributed by atoms with Crippen molar-refractivity contribution in [1.82, 2.24) is 10.1 Å². The largest absolute Gasteiger partial charge is 0.482 e. The number of rotatable bonds is 4. The van der Waals surface area contributed by atoms with Crippen molar-refractivity contribution in [3.63, 3.8) is 0 Å². The van der Waals surface area contributed by atoms with Crippen molar-refractivity contribution >= 4 is 15.5 Å². The summed E-state index contributed by atoms with van der Waals surface area (Å²) in [4.78, 5) is 4.19. The molecule has 0 amide bonds. The third-order valence-electron chi connectivity index (χ3n) is 3.35. The molecule has 3 rings (SSSR count). The zero-order valence-electron chi connectivity index (χ0n) is 11.2. The van der Waals surface area contributed by atoms with Crippen molar-refractivity contribution in [2.45, 2.75) is 18.9 Å². The van der Waals surface area contributed by atoms with Gasteiger partial charge in [-0.05, 0) is 18.6 Å². The van der Waals surface area contributed by atoms with Gasteiger partial charge in [0.05, 0.1) is 17.2 Å². The van der Waals surface area contributed by atoms with Crippen molar-refractivity contribution in [2.75, 3.05) is 17.2 Å². The van der Waals surface area contributed by atoms with Crippen LogP contribution >= 0.6 is 0 Å². The Morgan fingerprint density at radius 2 is 2.19 bits per heavy atom. The van der Waals surface area contributed by atoms with Gasteiger partial charge in [0, 0.05) is 5.92 Å². The molecule has 0 aliphatic carbocycles. The van der Waals surface area contributed by atoms with Gasteiger partial charge in [-0.1, -0.05) is 17.3 Å². The Labute approximate surface area is 122 Å². The molecule has 0 bridgehead atoms. The maximum atomic E-state index is 11.4. The van der Waals surface area contributed by atoms with Gasteiger partial charge in [0.25, 0.3) is 5.89 Å². The van der Waals surface area contributed by atoms with Crippen molar-refractivity contribution < 1.29 is 17.7 Å². The molecule has 7 nitrogen and oxygen atoms in total. The van der Waals surface area contributed by atoms with Gasteiger partial charge in [-0.3, -0.25) is 0 Å². The molecule has 1 atom stereocenters. The van der Waals surface area contributed by atoms with Crippen LogP contribution in [-0.2, 0) is 16.4 Å². The number of anilines is 1. The van der Waals surface area contributed by atoms with Crippen LogP contribution in [0.5, 0.6) is 5.75 Å². The molecular formula is C13H15N3O4S. The van der Waals surface area contributed by atoms with E-state index >= 15 is 0 Å². The smallest absolute Gasteiger partial charge is 0.264 e. The van der Waals surface area contributed by atoms with Crippen molar-refractivity contribution in [1.29, 1.82) is 0 Å². The average Bonchev–Trinajstić information content (AvgIpc) is 3.04. The molecule has 1 aromatic heterocycles. The number of hydrogen-bond donors (Lipinski definition) is 1. The first-order valence-corrected chi connectivity index (χ1v) is 8.36. The standard InChI is InChI=1S/C13H15N3O4S/c14-10-3-1-2-4-11(10)19-7-12-15-13(16-20-12)9-5-6-21(17,18)8-9/h1-4,9H,5-8,14H2. The van der Waals surface area contributed by atoms with E-state index in [0.29, 0.717) is 29.6 Å². The minimum Gasteiger partial charge on any atom is -0.482 e. The second-order valence-corrected chi connectivity index (χ2v) is 7.20. The summed E-state index contributed by atoms with van der Waals surface area (Å²) in [6, 6.07) is 7.11. The third kappa shape index (κ3) is 3.15. The maximum Gasteiger partial charge on any atom is 0.264 e. The number of nitrogens with zero attached hydrogens (tertiary/aromatic N) is 2. The van der Waals surface area contributed by atoms with E-state index in [9.17, 15) is 8.42 Å². The minimum absolute atomic E-state index is 0.0818. The number of benzene rings is 1. The normalized spacial score (nSPS) is 20.5. The highest BCUT2D eigenvalue weighted by Crippen LogP contribution is 2.27. The molecule has 1 aliphatic rings. The summed E-state index contributed by atoms with van der Waals surface area (Å²) in [5.41, 5.74) is 6.29. The van der Waals surface area contributed by atoms with E-state index in [4.69, 9.17) is 15.0 Å². The topological polar surface area (TPSA) is 108 Å². The van der Waals surface area contributed by atoms with E-state index in [0.717, 1.165) is 0 Å². The lowest BCUT2D eigenvalue weighted by Gasteiger charge is -2.05. The number of hydrogen-bond acceptors (Lipinski definition) is 7. The molecule has 0 radical (unpaired) electrons. The van der Waals surface area contributed by atoms with Crippen LogP contribution in [0.3, 0.4) is 0 Å². The van der Waals surface area contributed by atoms with E-state index in [1.165, 1.54) is 0 Å². The Morgan fingerprint density at radius 3 is 2.90 bits per heavy atom. The summed E-state index contributed by atoms with van der Waals surface area (Å²) < 4.78 is 33.5. The summed E-state index contributed by atoms with van der Waals surface area (Å²) >= 11 is 0. The molecule has 0 spiro atoms. The molecule has 112 valence electrons. The zero-order valence-corrected chi connectivity index (χ0v) is 12.0. The fourth-order valence-corrected chi connectivity index (χ4v) is 3.98. The molecule has 21 heavy (non-hydrogen) atoms. The molecule has 1 aliphatic heterocycles. The summed E-state index contributed by atoms with van der Waals surface area (Å²) in [6.45, 7) is 0.0979. The molecule has 2 aromatic rings. The van der Waals surface area contributed by atoms with Crippen molar-refractivity contribution in [2.24, 2.45) is 0 Å². The van der Waals surface area contributed by atoms with E-state index in [-0.39, 0.29) is 24.0 Å². The van der Waals surface area contributed by atoms with Gasteiger partial charge in [0.1, 0.15) is 5.75 Å². The highest BCUT2D eigenvalue weighted by Gasteiger charge is 2.32. The molecule has 2 heterocycles. The molecular weight excluding hydrogens is 294 g/mol. The Hall–Kier alpha value is -2.09. The number of sulfone groups is 1. The Balaban J connectivity index is 1.65. The van der Waals surface area contributed by atoms with Crippen LogP contribution in [0.25, 0.3) is 0 Å². The molecule has 0 saturated carbocycles.